The molecule has 1 aromatic heterocycles. The minimum Gasteiger partial charge on any atom is -0.369 e. The Balaban J connectivity index is 2.28. The quantitative estimate of drug-likeness (QED) is 0.755. The van der Waals surface area contributed by atoms with Crippen LogP contribution in [0.25, 0.3) is 0 Å². The summed E-state index contributed by atoms with van der Waals surface area (Å²) in [5.74, 6) is 1.25. The molecule has 21 heavy (non-hydrogen) atoms. The van der Waals surface area contributed by atoms with Gasteiger partial charge in [-0.15, -0.1) is 0 Å². The van der Waals surface area contributed by atoms with E-state index in [2.05, 4.69) is 48.5 Å². The molecule has 0 radical (unpaired) electrons. The Hall–Kier alpha value is -1.45. The smallest absolute Gasteiger partial charge is 0.151 e. The van der Waals surface area contributed by atoms with Gasteiger partial charge >= 0.3 is 0 Å². The minimum atomic E-state index is 0.500. The van der Waals surface area contributed by atoms with E-state index in [1.165, 1.54) is 11.1 Å². The molecule has 112 valence electrons. The highest BCUT2D eigenvalue weighted by atomic mass is 35.5. The fourth-order valence-electron chi connectivity index (χ4n) is 1.88. The molecule has 0 amide bonds. The van der Waals surface area contributed by atoms with E-state index in [1.807, 2.05) is 6.07 Å². The number of aromatic nitrogens is 1. The van der Waals surface area contributed by atoms with Crippen molar-refractivity contribution in [3.63, 3.8) is 0 Å². The molecule has 1 aromatic carbocycles. The van der Waals surface area contributed by atoms with E-state index in [4.69, 9.17) is 23.2 Å². The van der Waals surface area contributed by atoms with Gasteiger partial charge in [-0.2, -0.15) is 0 Å². The van der Waals surface area contributed by atoms with Crippen LogP contribution < -0.4 is 10.6 Å². The van der Waals surface area contributed by atoms with E-state index >= 15 is 0 Å². The normalized spacial score (nSPS) is 10.5. The van der Waals surface area contributed by atoms with Crippen molar-refractivity contribution in [2.24, 2.45) is 0 Å². The van der Waals surface area contributed by atoms with Gasteiger partial charge in [0, 0.05) is 12.2 Å². The van der Waals surface area contributed by atoms with E-state index < -0.39 is 0 Å². The van der Waals surface area contributed by atoms with Crippen LogP contribution in [-0.2, 0) is 0 Å². The monoisotopic (exact) mass is 323 g/mol. The van der Waals surface area contributed by atoms with Crippen LogP contribution in [0.3, 0.4) is 0 Å². The van der Waals surface area contributed by atoms with Gasteiger partial charge in [0.05, 0.1) is 10.0 Å². The number of nitrogens with one attached hydrogen (secondary N) is 2. The first kappa shape index (κ1) is 15.9. The van der Waals surface area contributed by atoms with E-state index in [0.29, 0.717) is 21.7 Å². The average molecular weight is 324 g/mol. The Morgan fingerprint density at radius 2 is 1.71 bits per heavy atom. The summed E-state index contributed by atoms with van der Waals surface area (Å²) in [5, 5.41) is 7.46. The van der Waals surface area contributed by atoms with Crippen LogP contribution in [-0.4, -0.2) is 11.5 Å². The second-order valence-corrected chi connectivity index (χ2v) is 5.81. The van der Waals surface area contributed by atoms with Gasteiger partial charge in [0.15, 0.2) is 5.82 Å². The molecule has 0 fully saturated rings. The zero-order valence-corrected chi connectivity index (χ0v) is 13.9. The number of benzene rings is 1. The number of hydrogen-bond donors (Lipinski definition) is 2. The SMILES string of the molecule is CCCNc1nc(Nc2ccc(C)c(C)c2)c(Cl)cc1Cl. The van der Waals surface area contributed by atoms with Gasteiger partial charge in [-0.1, -0.05) is 36.2 Å². The summed E-state index contributed by atoms with van der Waals surface area (Å²) < 4.78 is 0. The van der Waals surface area contributed by atoms with Gasteiger partial charge in [0.25, 0.3) is 0 Å². The second kappa shape index (κ2) is 7.01. The molecule has 3 nitrogen and oxygen atoms in total. The highest BCUT2D eigenvalue weighted by Gasteiger charge is 2.09. The topological polar surface area (TPSA) is 37.0 Å². The lowest BCUT2D eigenvalue weighted by atomic mass is 10.1. The third-order valence-electron chi connectivity index (χ3n) is 3.24. The van der Waals surface area contributed by atoms with Crippen molar-refractivity contribution >= 4 is 40.5 Å². The van der Waals surface area contributed by atoms with Crippen LogP contribution in [0.5, 0.6) is 0 Å². The van der Waals surface area contributed by atoms with Crippen molar-refractivity contribution in [1.29, 1.82) is 0 Å². The Morgan fingerprint density at radius 3 is 2.38 bits per heavy atom. The van der Waals surface area contributed by atoms with Gasteiger partial charge in [0.1, 0.15) is 5.82 Å². The molecule has 0 aliphatic rings. The number of pyridine rings is 1. The van der Waals surface area contributed by atoms with E-state index in [-0.39, 0.29) is 0 Å². The molecule has 0 unspecified atom stereocenters. The summed E-state index contributed by atoms with van der Waals surface area (Å²) in [6.07, 6.45) is 1.00. The van der Waals surface area contributed by atoms with Crippen molar-refractivity contribution < 1.29 is 0 Å². The summed E-state index contributed by atoms with van der Waals surface area (Å²) in [6.45, 7) is 7.06. The maximum absolute atomic E-state index is 6.22. The minimum absolute atomic E-state index is 0.500. The predicted octanol–water partition coefficient (Wildman–Crippen LogP) is 5.57. The molecule has 0 bridgehead atoms. The van der Waals surface area contributed by atoms with E-state index in [9.17, 15) is 0 Å². The highest BCUT2D eigenvalue weighted by Crippen LogP contribution is 2.31. The summed E-state index contributed by atoms with van der Waals surface area (Å²) in [6, 6.07) is 7.85. The third-order valence-corrected chi connectivity index (χ3v) is 3.82. The van der Waals surface area contributed by atoms with Crippen molar-refractivity contribution in [1.82, 2.24) is 4.98 Å². The highest BCUT2D eigenvalue weighted by molar-refractivity contribution is 6.37. The summed E-state index contributed by atoms with van der Waals surface area (Å²) >= 11 is 12.4. The first-order valence-corrected chi connectivity index (χ1v) is 7.71. The Labute approximate surface area is 135 Å². The summed E-state index contributed by atoms with van der Waals surface area (Å²) in [7, 11) is 0. The van der Waals surface area contributed by atoms with Crippen molar-refractivity contribution in [3.8, 4) is 0 Å². The lowest BCUT2D eigenvalue weighted by molar-refractivity contribution is 0.970. The molecule has 0 aliphatic heterocycles. The fraction of sp³-hybridized carbons (Fsp3) is 0.312. The predicted molar refractivity (Wildman–Crippen MR) is 92.2 cm³/mol. The zero-order valence-electron chi connectivity index (χ0n) is 12.4. The number of nitrogens with zero attached hydrogens (tertiary/aromatic N) is 1. The molecular formula is C16H19Cl2N3. The molecule has 1 heterocycles. The average Bonchev–Trinajstić information content (AvgIpc) is 2.44. The molecular weight excluding hydrogens is 305 g/mol. The van der Waals surface area contributed by atoms with Gasteiger partial charge in [0.2, 0.25) is 0 Å². The summed E-state index contributed by atoms with van der Waals surface area (Å²) in [5.41, 5.74) is 3.42. The van der Waals surface area contributed by atoms with Crippen LogP contribution in [0.1, 0.15) is 24.5 Å². The van der Waals surface area contributed by atoms with Crippen LogP contribution in [0.15, 0.2) is 24.3 Å². The van der Waals surface area contributed by atoms with Crippen molar-refractivity contribution in [3.05, 3.63) is 45.4 Å². The Bertz CT molecular complexity index is 642. The maximum Gasteiger partial charge on any atom is 0.151 e. The Kier molecular flexibility index (Phi) is 5.32. The molecule has 0 saturated heterocycles. The lowest BCUT2D eigenvalue weighted by Gasteiger charge is -2.13. The first-order chi connectivity index (χ1) is 10.0. The molecule has 2 aromatic rings. The zero-order chi connectivity index (χ0) is 15.4. The number of rotatable bonds is 5. The lowest BCUT2D eigenvalue weighted by Crippen LogP contribution is -2.05. The van der Waals surface area contributed by atoms with Gasteiger partial charge < -0.3 is 10.6 Å². The van der Waals surface area contributed by atoms with Gasteiger partial charge in [-0.25, -0.2) is 4.98 Å². The summed E-state index contributed by atoms with van der Waals surface area (Å²) in [4.78, 5) is 4.47. The van der Waals surface area contributed by atoms with Crippen LogP contribution >= 0.6 is 23.2 Å². The molecule has 0 aliphatic carbocycles. The van der Waals surface area contributed by atoms with Crippen molar-refractivity contribution in [2.75, 3.05) is 17.2 Å². The molecule has 0 spiro atoms. The second-order valence-electron chi connectivity index (χ2n) is 5.00. The van der Waals surface area contributed by atoms with Crippen LogP contribution in [0.2, 0.25) is 10.0 Å². The largest absolute Gasteiger partial charge is 0.369 e. The number of aryl methyl sites for hydroxylation is 2. The number of halogens is 2. The third kappa shape index (κ3) is 4.02. The first-order valence-electron chi connectivity index (χ1n) is 6.95. The fourth-order valence-corrected chi connectivity index (χ4v) is 2.35. The van der Waals surface area contributed by atoms with Crippen molar-refractivity contribution in [2.45, 2.75) is 27.2 Å². The number of anilines is 3. The molecule has 2 rings (SSSR count). The standard InChI is InChI=1S/C16H19Cl2N3/c1-4-7-19-15-13(17)9-14(18)16(21-15)20-12-6-5-10(2)11(3)8-12/h5-6,8-9H,4,7H2,1-3H3,(H2,19,20,21). The maximum atomic E-state index is 6.22. The molecule has 0 saturated carbocycles. The molecule has 2 N–H and O–H groups in total. The van der Waals surface area contributed by atoms with E-state index in [0.717, 1.165) is 18.7 Å². The van der Waals surface area contributed by atoms with Crippen LogP contribution in [0, 0.1) is 13.8 Å². The molecule has 0 atom stereocenters. The van der Waals surface area contributed by atoms with Gasteiger partial charge in [-0.05, 0) is 49.6 Å². The van der Waals surface area contributed by atoms with Crippen LogP contribution in [0.4, 0.5) is 17.3 Å². The number of hydrogen-bond acceptors (Lipinski definition) is 3. The molecule has 5 heteroatoms. The van der Waals surface area contributed by atoms with E-state index in [1.54, 1.807) is 6.07 Å². The van der Waals surface area contributed by atoms with Gasteiger partial charge in [-0.3, -0.25) is 0 Å². The Morgan fingerprint density at radius 1 is 1.00 bits per heavy atom.